The third-order valence-corrected chi connectivity index (χ3v) is 5.11. The normalized spacial score (nSPS) is 15.5. The molecule has 1 amide bonds. The number of methoxy groups -OCH3 is 2. The van der Waals surface area contributed by atoms with Crippen LogP contribution >= 0.6 is 12.4 Å². The first-order valence-electron chi connectivity index (χ1n) is 9.59. The van der Waals surface area contributed by atoms with Gasteiger partial charge in [0.1, 0.15) is 5.82 Å². The predicted octanol–water partition coefficient (Wildman–Crippen LogP) is 3.39. The van der Waals surface area contributed by atoms with Gasteiger partial charge in [-0.1, -0.05) is 12.1 Å². The number of nitrogens with one attached hydrogen (secondary N) is 2. The minimum atomic E-state index is -0.489. The molecule has 2 aromatic rings. The second-order valence-corrected chi connectivity index (χ2v) is 7.07. The molecule has 7 heteroatoms. The van der Waals surface area contributed by atoms with E-state index in [2.05, 4.69) is 10.6 Å². The fraction of sp³-hybridized carbons (Fsp3) is 0.409. The highest BCUT2D eigenvalue weighted by atomic mass is 35.5. The largest absolute Gasteiger partial charge is 0.493 e. The lowest BCUT2D eigenvalue weighted by atomic mass is 9.97. The number of hydrogen-bond donors (Lipinski definition) is 2. The summed E-state index contributed by atoms with van der Waals surface area (Å²) in [5.41, 5.74) is 2.11. The van der Waals surface area contributed by atoms with E-state index in [0.29, 0.717) is 30.4 Å². The maximum atomic E-state index is 14.2. The molecule has 158 valence electrons. The SMILES string of the molecule is COc1ccc(CCNC(=O)c2cc(CC3CCNC3)ccc2F)cc1OC.Cl. The van der Waals surface area contributed by atoms with Crippen molar-refractivity contribution < 1.29 is 18.7 Å². The Hall–Kier alpha value is -2.31. The standard InChI is InChI=1S/C22H27FN2O3.ClH/c1-27-20-6-4-15(13-21(20)28-2)8-10-25-22(26)18-12-16(3-5-19(18)23)11-17-7-9-24-14-17;/h3-6,12-13,17,24H,7-11,14H2,1-2H3,(H,25,26);1H. The summed E-state index contributed by atoms with van der Waals surface area (Å²) >= 11 is 0. The van der Waals surface area contributed by atoms with Gasteiger partial charge in [-0.2, -0.15) is 0 Å². The van der Waals surface area contributed by atoms with Crippen molar-refractivity contribution in [3.63, 3.8) is 0 Å². The molecule has 29 heavy (non-hydrogen) atoms. The van der Waals surface area contributed by atoms with Gasteiger partial charge in [0.25, 0.3) is 5.91 Å². The monoisotopic (exact) mass is 422 g/mol. The Kier molecular flexibility index (Phi) is 8.73. The van der Waals surface area contributed by atoms with E-state index in [1.54, 1.807) is 26.4 Å². The van der Waals surface area contributed by atoms with Gasteiger partial charge >= 0.3 is 0 Å². The highest BCUT2D eigenvalue weighted by Gasteiger charge is 2.17. The number of carbonyl (C=O) groups excluding carboxylic acids is 1. The molecule has 0 bridgehead atoms. The van der Waals surface area contributed by atoms with Gasteiger partial charge in [-0.3, -0.25) is 4.79 Å². The second-order valence-electron chi connectivity index (χ2n) is 7.07. The second kappa shape index (κ2) is 11.0. The Morgan fingerprint density at radius 3 is 2.59 bits per heavy atom. The van der Waals surface area contributed by atoms with Crippen molar-refractivity contribution in [2.75, 3.05) is 33.9 Å². The van der Waals surface area contributed by atoms with E-state index in [-0.39, 0.29) is 23.9 Å². The fourth-order valence-electron chi connectivity index (χ4n) is 3.55. The smallest absolute Gasteiger partial charge is 0.254 e. The summed E-state index contributed by atoms with van der Waals surface area (Å²) in [5, 5.41) is 6.14. The van der Waals surface area contributed by atoms with Gasteiger partial charge in [-0.15, -0.1) is 12.4 Å². The molecule has 1 aliphatic heterocycles. The van der Waals surface area contributed by atoms with Crippen LogP contribution in [0.15, 0.2) is 36.4 Å². The zero-order valence-corrected chi connectivity index (χ0v) is 17.6. The van der Waals surface area contributed by atoms with Crippen LogP contribution in [0.1, 0.15) is 27.9 Å². The summed E-state index contributed by atoms with van der Waals surface area (Å²) in [6.07, 6.45) is 2.59. The van der Waals surface area contributed by atoms with Gasteiger partial charge in [0.15, 0.2) is 11.5 Å². The Morgan fingerprint density at radius 2 is 1.90 bits per heavy atom. The fourth-order valence-corrected chi connectivity index (χ4v) is 3.55. The summed E-state index contributed by atoms with van der Waals surface area (Å²) in [5.74, 6) is 0.978. The molecule has 1 atom stereocenters. The van der Waals surface area contributed by atoms with Gasteiger partial charge in [0, 0.05) is 6.54 Å². The van der Waals surface area contributed by atoms with E-state index in [1.165, 1.54) is 6.07 Å². The first kappa shape index (κ1) is 23.0. The van der Waals surface area contributed by atoms with Crippen molar-refractivity contribution >= 4 is 18.3 Å². The molecule has 1 saturated heterocycles. The van der Waals surface area contributed by atoms with E-state index < -0.39 is 5.82 Å². The van der Waals surface area contributed by atoms with Gasteiger partial charge in [0.05, 0.1) is 19.8 Å². The maximum absolute atomic E-state index is 14.2. The molecule has 0 radical (unpaired) electrons. The Balaban J connectivity index is 0.00000300. The van der Waals surface area contributed by atoms with Crippen molar-refractivity contribution in [1.82, 2.24) is 10.6 Å². The molecule has 1 heterocycles. The number of rotatable bonds is 8. The quantitative estimate of drug-likeness (QED) is 0.684. The number of hydrogen-bond acceptors (Lipinski definition) is 4. The lowest BCUT2D eigenvalue weighted by Crippen LogP contribution is -2.26. The van der Waals surface area contributed by atoms with E-state index in [9.17, 15) is 9.18 Å². The number of benzene rings is 2. The van der Waals surface area contributed by atoms with Crippen LogP contribution in [-0.4, -0.2) is 39.8 Å². The van der Waals surface area contributed by atoms with Crippen LogP contribution in [0.3, 0.4) is 0 Å². The molecule has 5 nitrogen and oxygen atoms in total. The molecule has 0 saturated carbocycles. The third-order valence-electron chi connectivity index (χ3n) is 5.11. The minimum Gasteiger partial charge on any atom is -0.493 e. The van der Waals surface area contributed by atoms with Crippen LogP contribution in [0.4, 0.5) is 4.39 Å². The van der Waals surface area contributed by atoms with E-state index in [1.807, 2.05) is 18.2 Å². The minimum absolute atomic E-state index is 0. The zero-order chi connectivity index (χ0) is 19.9. The molecule has 0 aromatic heterocycles. The molecule has 1 unspecified atom stereocenters. The molecule has 1 fully saturated rings. The molecule has 3 rings (SSSR count). The highest BCUT2D eigenvalue weighted by Crippen LogP contribution is 2.27. The number of carbonyl (C=O) groups is 1. The van der Waals surface area contributed by atoms with Crippen LogP contribution in [0.25, 0.3) is 0 Å². The topological polar surface area (TPSA) is 59.6 Å². The number of amides is 1. The summed E-state index contributed by atoms with van der Waals surface area (Å²) < 4.78 is 24.7. The summed E-state index contributed by atoms with van der Waals surface area (Å²) in [6.45, 7) is 2.41. The van der Waals surface area contributed by atoms with Gasteiger partial charge < -0.3 is 20.1 Å². The number of ether oxygens (including phenoxy) is 2. The maximum Gasteiger partial charge on any atom is 0.254 e. The van der Waals surface area contributed by atoms with Crippen molar-refractivity contribution in [2.24, 2.45) is 5.92 Å². The van der Waals surface area contributed by atoms with Crippen molar-refractivity contribution in [3.05, 3.63) is 58.9 Å². The third kappa shape index (κ3) is 6.08. The van der Waals surface area contributed by atoms with Crippen LogP contribution in [0, 0.1) is 11.7 Å². The average Bonchev–Trinajstić information content (AvgIpc) is 3.22. The van der Waals surface area contributed by atoms with Gasteiger partial charge in [-0.05, 0) is 73.7 Å². The van der Waals surface area contributed by atoms with E-state index in [4.69, 9.17) is 9.47 Å². The first-order valence-corrected chi connectivity index (χ1v) is 9.59. The first-order chi connectivity index (χ1) is 13.6. The van der Waals surface area contributed by atoms with Crippen LogP contribution < -0.4 is 20.1 Å². The molecule has 0 spiro atoms. The predicted molar refractivity (Wildman–Crippen MR) is 114 cm³/mol. The lowest BCUT2D eigenvalue weighted by Gasteiger charge is -2.12. The van der Waals surface area contributed by atoms with Gasteiger partial charge in [-0.25, -0.2) is 4.39 Å². The average molecular weight is 423 g/mol. The van der Waals surface area contributed by atoms with Crippen LogP contribution in [0.2, 0.25) is 0 Å². The van der Waals surface area contributed by atoms with E-state index >= 15 is 0 Å². The Morgan fingerprint density at radius 1 is 1.14 bits per heavy atom. The summed E-state index contributed by atoms with van der Waals surface area (Å²) in [6, 6.07) is 10.5. The van der Waals surface area contributed by atoms with Crippen LogP contribution in [0.5, 0.6) is 11.5 Å². The molecule has 2 N–H and O–H groups in total. The molecule has 0 aliphatic carbocycles. The van der Waals surface area contributed by atoms with Crippen molar-refractivity contribution in [1.29, 1.82) is 0 Å². The molecule has 2 aromatic carbocycles. The zero-order valence-electron chi connectivity index (χ0n) is 16.8. The molecule has 1 aliphatic rings. The Labute approximate surface area is 177 Å². The molecular weight excluding hydrogens is 395 g/mol. The Bertz CT molecular complexity index is 826. The van der Waals surface area contributed by atoms with Crippen LogP contribution in [-0.2, 0) is 12.8 Å². The van der Waals surface area contributed by atoms with Crippen molar-refractivity contribution in [3.8, 4) is 11.5 Å². The summed E-state index contributed by atoms with van der Waals surface area (Å²) in [7, 11) is 3.17. The molecular formula is C22H28ClFN2O3. The number of halogens is 2. The highest BCUT2D eigenvalue weighted by molar-refractivity contribution is 5.94. The van der Waals surface area contributed by atoms with Gasteiger partial charge in [0.2, 0.25) is 0 Å². The summed E-state index contributed by atoms with van der Waals surface area (Å²) in [4.78, 5) is 12.5. The lowest BCUT2D eigenvalue weighted by molar-refractivity contribution is 0.0950. The van der Waals surface area contributed by atoms with E-state index in [0.717, 1.165) is 37.1 Å². The van der Waals surface area contributed by atoms with Crippen molar-refractivity contribution in [2.45, 2.75) is 19.3 Å².